The number of nitrogens with zero attached hydrogens (tertiary/aromatic N) is 2. The number of benzene rings is 2. The monoisotopic (exact) mass is 419 g/mol. The van der Waals surface area contributed by atoms with Crippen molar-refractivity contribution >= 4 is 29.0 Å². The number of carbonyl (C=O) groups is 1. The second-order valence-electron chi connectivity index (χ2n) is 6.95. The number of amides is 1. The molecular weight excluding hydrogens is 398 g/mol. The van der Waals surface area contributed by atoms with Crippen LogP contribution < -0.4 is 10.2 Å². The number of nitro benzene ring substituents is 1. The number of nitrogens with one attached hydrogen (secondary N) is 1. The van der Waals surface area contributed by atoms with Gasteiger partial charge in [-0.1, -0.05) is 12.1 Å². The molecule has 2 aromatic carbocycles. The average Bonchev–Trinajstić information content (AvgIpc) is 3.28. The van der Waals surface area contributed by atoms with E-state index in [2.05, 4.69) is 10.2 Å². The van der Waals surface area contributed by atoms with Gasteiger partial charge in [-0.15, -0.1) is 0 Å². The van der Waals surface area contributed by atoms with Crippen LogP contribution in [0.1, 0.15) is 5.76 Å². The summed E-state index contributed by atoms with van der Waals surface area (Å²) in [6.07, 6.45) is 2.88. The number of para-hydroxylation sites is 1. The highest BCUT2D eigenvalue weighted by Gasteiger charge is 2.16. The maximum Gasteiger partial charge on any atom is 0.280 e. The van der Waals surface area contributed by atoms with Crippen molar-refractivity contribution in [2.75, 3.05) is 36.5 Å². The number of ether oxygens (including phenoxy) is 1. The first-order valence-corrected chi connectivity index (χ1v) is 9.85. The van der Waals surface area contributed by atoms with E-state index >= 15 is 0 Å². The van der Waals surface area contributed by atoms with Gasteiger partial charge in [0.25, 0.3) is 5.69 Å². The molecule has 1 aliphatic heterocycles. The minimum Gasteiger partial charge on any atom is -0.456 e. The molecule has 31 heavy (non-hydrogen) atoms. The number of carbonyl (C=O) groups excluding carboxylic acids is 1. The van der Waals surface area contributed by atoms with Crippen LogP contribution in [0.15, 0.2) is 71.2 Å². The van der Waals surface area contributed by atoms with E-state index in [1.165, 1.54) is 18.2 Å². The molecule has 1 amide bonds. The van der Waals surface area contributed by atoms with Crippen LogP contribution >= 0.6 is 0 Å². The van der Waals surface area contributed by atoms with Crippen molar-refractivity contribution in [3.05, 3.63) is 82.6 Å². The molecule has 0 unspecified atom stereocenters. The molecule has 8 heteroatoms. The Kier molecular flexibility index (Phi) is 6.09. The molecule has 0 radical (unpaired) electrons. The third-order valence-corrected chi connectivity index (χ3v) is 4.90. The topological polar surface area (TPSA) is 97.8 Å². The lowest BCUT2D eigenvalue weighted by molar-refractivity contribution is -0.384. The van der Waals surface area contributed by atoms with Gasteiger partial charge in [-0.3, -0.25) is 14.9 Å². The van der Waals surface area contributed by atoms with Crippen LogP contribution in [0.25, 0.3) is 17.4 Å². The second kappa shape index (κ2) is 9.27. The smallest absolute Gasteiger partial charge is 0.280 e. The van der Waals surface area contributed by atoms with Gasteiger partial charge in [-0.2, -0.15) is 0 Å². The molecule has 1 N–H and O–H groups in total. The first kappa shape index (κ1) is 20.4. The van der Waals surface area contributed by atoms with Crippen molar-refractivity contribution in [1.29, 1.82) is 0 Å². The summed E-state index contributed by atoms with van der Waals surface area (Å²) in [5.74, 6) is 0.486. The molecule has 0 bridgehead atoms. The Morgan fingerprint density at radius 2 is 1.77 bits per heavy atom. The molecular formula is C23H21N3O5. The third kappa shape index (κ3) is 4.99. The Hall–Kier alpha value is -3.91. The quantitative estimate of drug-likeness (QED) is 0.363. The van der Waals surface area contributed by atoms with E-state index in [1.54, 1.807) is 30.3 Å². The van der Waals surface area contributed by atoms with Crippen LogP contribution in [0.3, 0.4) is 0 Å². The Bertz CT molecular complexity index is 1100. The van der Waals surface area contributed by atoms with Crippen molar-refractivity contribution in [2.45, 2.75) is 0 Å². The highest BCUT2D eigenvalue weighted by molar-refractivity contribution is 6.01. The van der Waals surface area contributed by atoms with Gasteiger partial charge < -0.3 is 19.4 Å². The summed E-state index contributed by atoms with van der Waals surface area (Å²) in [6, 6.07) is 17.3. The summed E-state index contributed by atoms with van der Waals surface area (Å²) in [4.78, 5) is 25.2. The van der Waals surface area contributed by atoms with E-state index in [-0.39, 0.29) is 11.6 Å². The fourth-order valence-corrected chi connectivity index (χ4v) is 3.35. The van der Waals surface area contributed by atoms with Crippen molar-refractivity contribution in [3.63, 3.8) is 0 Å². The summed E-state index contributed by atoms with van der Waals surface area (Å²) in [5.41, 5.74) is 2.13. The minimum absolute atomic E-state index is 0.0364. The maximum atomic E-state index is 12.2. The zero-order valence-corrected chi connectivity index (χ0v) is 16.7. The first-order valence-electron chi connectivity index (χ1n) is 9.85. The normalized spacial score (nSPS) is 14.0. The number of anilines is 2. The van der Waals surface area contributed by atoms with Crippen LogP contribution in [-0.2, 0) is 9.53 Å². The van der Waals surface area contributed by atoms with E-state index in [4.69, 9.17) is 9.15 Å². The van der Waals surface area contributed by atoms with Gasteiger partial charge in [0.05, 0.1) is 23.7 Å². The standard InChI is InChI=1S/C23H21N3O5/c27-23(24-17-5-7-18(8-6-17)25-13-15-30-16-14-25)12-10-19-9-11-22(31-19)20-3-1-2-4-21(20)26(28)29/h1-12H,13-16H2,(H,24,27)/b12-10+. The lowest BCUT2D eigenvalue weighted by Gasteiger charge is -2.28. The zero-order chi connectivity index (χ0) is 21.6. The molecule has 158 valence electrons. The van der Waals surface area contributed by atoms with Crippen LogP contribution in [0.5, 0.6) is 0 Å². The minimum atomic E-state index is -0.453. The molecule has 4 rings (SSSR count). The van der Waals surface area contributed by atoms with Crippen LogP contribution in [0.2, 0.25) is 0 Å². The van der Waals surface area contributed by atoms with Crippen molar-refractivity contribution < 1.29 is 18.9 Å². The van der Waals surface area contributed by atoms with Crippen molar-refractivity contribution in [3.8, 4) is 11.3 Å². The van der Waals surface area contributed by atoms with Crippen LogP contribution in [0.4, 0.5) is 17.1 Å². The van der Waals surface area contributed by atoms with E-state index in [0.717, 1.165) is 32.0 Å². The van der Waals surface area contributed by atoms with E-state index in [9.17, 15) is 14.9 Å². The predicted molar refractivity (Wildman–Crippen MR) is 118 cm³/mol. The molecule has 0 spiro atoms. The molecule has 0 aliphatic carbocycles. The second-order valence-corrected chi connectivity index (χ2v) is 6.95. The fourth-order valence-electron chi connectivity index (χ4n) is 3.35. The van der Waals surface area contributed by atoms with E-state index in [1.807, 2.05) is 24.3 Å². The zero-order valence-electron chi connectivity index (χ0n) is 16.7. The molecule has 2 heterocycles. The summed E-state index contributed by atoms with van der Waals surface area (Å²) >= 11 is 0. The summed E-state index contributed by atoms with van der Waals surface area (Å²) < 4.78 is 11.0. The van der Waals surface area contributed by atoms with Gasteiger partial charge in [0.2, 0.25) is 5.91 Å². The fraction of sp³-hybridized carbons (Fsp3) is 0.174. The van der Waals surface area contributed by atoms with Crippen LogP contribution in [-0.4, -0.2) is 37.1 Å². The molecule has 0 saturated carbocycles. The number of rotatable bonds is 6. The Morgan fingerprint density at radius 1 is 1.03 bits per heavy atom. The number of hydrogen-bond donors (Lipinski definition) is 1. The molecule has 1 aliphatic rings. The SMILES string of the molecule is O=C(/C=C/c1ccc(-c2ccccc2[N+](=O)[O-])o1)Nc1ccc(N2CCOCC2)cc1. The highest BCUT2D eigenvalue weighted by atomic mass is 16.6. The number of hydrogen-bond acceptors (Lipinski definition) is 6. The molecule has 3 aromatic rings. The maximum absolute atomic E-state index is 12.2. The highest BCUT2D eigenvalue weighted by Crippen LogP contribution is 2.31. The first-order chi connectivity index (χ1) is 15.1. The number of furan rings is 1. The molecule has 0 atom stereocenters. The lowest BCUT2D eigenvalue weighted by atomic mass is 10.1. The average molecular weight is 419 g/mol. The third-order valence-electron chi connectivity index (χ3n) is 4.90. The number of nitro groups is 1. The van der Waals surface area contributed by atoms with Gasteiger partial charge in [-0.05, 0) is 48.5 Å². The van der Waals surface area contributed by atoms with Gasteiger partial charge in [0.15, 0.2) is 0 Å². The van der Waals surface area contributed by atoms with E-state index < -0.39 is 4.92 Å². The largest absolute Gasteiger partial charge is 0.456 e. The van der Waals surface area contributed by atoms with Gasteiger partial charge in [0.1, 0.15) is 11.5 Å². The Labute approximate surface area is 178 Å². The van der Waals surface area contributed by atoms with Crippen molar-refractivity contribution in [1.82, 2.24) is 0 Å². The van der Waals surface area contributed by atoms with Gasteiger partial charge >= 0.3 is 0 Å². The molecule has 1 aromatic heterocycles. The van der Waals surface area contributed by atoms with Gasteiger partial charge in [0, 0.05) is 36.6 Å². The van der Waals surface area contributed by atoms with E-state index in [0.29, 0.717) is 22.8 Å². The Balaban J connectivity index is 1.38. The summed E-state index contributed by atoms with van der Waals surface area (Å²) in [7, 11) is 0. The molecule has 1 saturated heterocycles. The van der Waals surface area contributed by atoms with Crippen LogP contribution in [0, 0.1) is 10.1 Å². The van der Waals surface area contributed by atoms with Crippen molar-refractivity contribution in [2.24, 2.45) is 0 Å². The predicted octanol–water partition coefficient (Wildman–Crippen LogP) is 4.34. The number of morpholine rings is 1. The Morgan fingerprint density at radius 3 is 2.52 bits per heavy atom. The molecule has 1 fully saturated rings. The van der Waals surface area contributed by atoms with Gasteiger partial charge in [-0.25, -0.2) is 0 Å². The summed E-state index contributed by atoms with van der Waals surface area (Å²) in [5, 5.41) is 14.0. The lowest BCUT2D eigenvalue weighted by Crippen LogP contribution is -2.36. The molecule has 8 nitrogen and oxygen atoms in total. The summed E-state index contributed by atoms with van der Waals surface area (Å²) in [6.45, 7) is 3.14.